The fraction of sp³-hybridized carbons (Fsp3) is 0.294. The van der Waals surface area contributed by atoms with Gasteiger partial charge in [0.1, 0.15) is 6.10 Å². The van der Waals surface area contributed by atoms with Crippen molar-refractivity contribution < 1.29 is 18.5 Å². The van der Waals surface area contributed by atoms with Crippen LogP contribution in [0.4, 0.5) is 0 Å². The van der Waals surface area contributed by atoms with Crippen molar-refractivity contribution in [3.63, 3.8) is 0 Å². The number of piperidine rings is 1. The molecule has 0 bridgehead atoms. The molecule has 1 atom stereocenters. The molecule has 0 radical (unpaired) electrons. The Morgan fingerprint density at radius 1 is 1.28 bits per heavy atom. The molecule has 1 aliphatic heterocycles. The summed E-state index contributed by atoms with van der Waals surface area (Å²) in [7, 11) is 0. The number of carbonyl (C=O) groups excluding carboxylic acids is 1. The Morgan fingerprint density at radius 2 is 2.24 bits per heavy atom. The van der Waals surface area contributed by atoms with Crippen LogP contribution in [0.2, 0.25) is 0 Å². The average molecular weight is 340 g/mol. The zero-order valence-corrected chi connectivity index (χ0v) is 13.4. The van der Waals surface area contributed by atoms with Crippen LogP contribution in [0.1, 0.15) is 23.3 Å². The van der Waals surface area contributed by atoms with Gasteiger partial charge in [0.2, 0.25) is 11.6 Å². The van der Waals surface area contributed by atoms with Gasteiger partial charge < -0.3 is 18.6 Å². The second-order valence-corrected chi connectivity index (χ2v) is 5.75. The lowest BCUT2D eigenvalue weighted by atomic mass is 10.1. The number of aromatic nitrogens is 3. The highest BCUT2D eigenvalue weighted by atomic mass is 16.5. The highest BCUT2D eigenvalue weighted by Crippen LogP contribution is 2.22. The molecule has 0 spiro atoms. The topological polar surface area (TPSA) is 94.5 Å². The number of hydrogen-bond donors (Lipinski definition) is 0. The number of furan rings is 1. The van der Waals surface area contributed by atoms with Gasteiger partial charge in [0.05, 0.1) is 12.8 Å². The van der Waals surface area contributed by atoms with Crippen molar-refractivity contribution in [2.75, 3.05) is 13.1 Å². The molecular weight excluding hydrogens is 324 g/mol. The zero-order chi connectivity index (χ0) is 17.1. The lowest BCUT2D eigenvalue weighted by molar-refractivity contribution is 0.0516. The molecule has 1 saturated heterocycles. The van der Waals surface area contributed by atoms with Crippen molar-refractivity contribution in [3.8, 4) is 17.4 Å². The molecule has 3 aromatic rings. The summed E-state index contributed by atoms with van der Waals surface area (Å²) in [5.74, 6) is 1.24. The standard InChI is InChI=1S/C17H16N4O4/c22-17(13-10-15(25-20-13)14-5-3-9-23-14)21-8-2-4-12(11-21)24-16-6-1-7-18-19-16/h1,3,5-7,9-10,12H,2,4,8,11H2. The van der Waals surface area contributed by atoms with Crippen LogP contribution in [0.5, 0.6) is 5.88 Å². The number of likely N-dealkylation sites (tertiary alicyclic amines) is 1. The molecule has 4 rings (SSSR count). The van der Waals surface area contributed by atoms with Gasteiger partial charge in [-0.15, -0.1) is 5.10 Å². The van der Waals surface area contributed by atoms with Crippen LogP contribution in [-0.2, 0) is 0 Å². The van der Waals surface area contributed by atoms with E-state index in [2.05, 4.69) is 15.4 Å². The third-order valence-corrected chi connectivity index (χ3v) is 3.99. The molecule has 1 aliphatic rings. The number of hydrogen-bond acceptors (Lipinski definition) is 7. The second-order valence-electron chi connectivity index (χ2n) is 5.75. The van der Waals surface area contributed by atoms with E-state index in [0.29, 0.717) is 30.5 Å². The Labute approximate surface area is 143 Å². The molecule has 25 heavy (non-hydrogen) atoms. The molecular formula is C17H16N4O4. The molecule has 8 heteroatoms. The first-order valence-electron chi connectivity index (χ1n) is 8.04. The molecule has 0 saturated carbocycles. The van der Waals surface area contributed by atoms with Gasteiger partial charge >= 0.3 is 0 Å². The SMILES string of the molecule is O=C(c1cc(-c2ccco2)on1)N1CCCC(Oc2cccnn2)C1. The van der Waals surface area contributed by atoms with E-state index in [9.17, 15) is 4.79 Å². The summed E-state index contributed by atoms with van der Waals surface area (Å²) in [6, 6.07) is 8.60. The highest BCUT2D eigenvalue weighted by Gasteiger charge is 2.28. The minimum absolute atomic E-state index is 0.120. The molecule has 3 aromatic heterocycles. The third kappa shape index (κ3) is 3.37. The van der Waals surface area contributed by atoms with Crippen molar-refractivity contribution in [2.45, 2.75) is 18.9 Å². The summed E-state index contributed by atoms with van der Waals surface area (Å²) >= 11 is 0. The monoisotopic (exact) mass is 340 g/mol. The van der Waals surface area contributed by atoms with Crippen LogP contribution in [0.15, 0.2) is 51.7 Å². The van der Waals surface area contributed by atoms with E-state index in [1.807, 2.05) is 0 Å². The first kappa shape index (κ1) is 15.4. The number of rotatable bonds is 4. The average Bonchev–Trinajstić information content (AvgIpc) is 3.34. The zero-order valence-electron chi connectivity index (χ0n) is 13.4. The maximum atomic E-state index is 12.7. The van der Waals surface area contributed by atoms with Crippen molar-refractivity contribution in [1.29, 1.82) is 0 Å². The molecule has 128 valence electrons. The van der Waals surface area contributed by atoms with Gasteiger partial charge in [-0.3, -0.25) is 4.79 Å². The molecule has 1 unspecified atom stereocenters. The maximum absolute atomic E-state index is 12.7. The second kappa shape index (κ2) is 6.76. The van der Waals surface area contributed by atoms with Crippen LogP contribution >= 0.6 is 0 Å². The largest absolute Gasteiger partial charge is 0.471 e. The number of ether oxygens (including phenoxy) is 1. The van der Waals surface area contributed by atoms with Crippen molar-refractivity contribution in [1.82, 2.24) is 20.3 Å². The lowest BCUT2D eigenvalue weighted by Crippen LogP contribution is -2.44. The van der Waals surface area contributed by atoms with E-state index in [4.69, 9.17) is 13.7 Å². The number of carbonyl (C=O) groups is 1. The highest BCUT2D eigenvalue weighted by molar-refractivity contribution is 5.93. The van der Waals surface area contributed by atoms with Gasteiger partial charge in [0.15, 0.2) is 11.5 Å². The summed E-state index contributed by atoms with van der Waals surface area (Å²) < 4.78 is 16.3. The maximum Gasteiger partial charge on any atom is 0.276 e. The van der Waals surface area contributed by atoms with E-state index in [1.165, 1.54) is 0 Å². The molecule has 1 amide bonds. The Balaban J connectivity index is 1.43. The Hall–Kier alpha value is -3.16. The predicted octanol–water partition coefficient (Wildman–Crippen LogP) is 2.41. The quantitative estimate of drug-likeness (QED) is 0.719. The molecule has 4 heterocycles. The predicted molar refractivity (Wildman–Crippen MR) is 85.8 cm³/mol. The van der Waals surface area contributed by atoms with Crippen LogP contribution < -0.4 is 4.74 Å². The summed E-state index contributed by atoms with van der Waals surface area (Å²) in [5, 5.41) is 11.6. The molecule has 8 nitrogen and oxygen atoms in total. The first-order chi connectivity index (χ1) is 12.3. The van der Waals surface area contributed by atoms with Crippen LogP contribution in [-0.4, -0.2) is 45.4 Å². The minimum Gasteiger partial charge on any atom is -0.471 e. The molecule has 0 N–H and O–H groups in total. The Morgan fingerprint density at radius 3 is 3.04 bits per heavy atom. The minimum atomic E-state index is -0.186. The first-order valence-corrected chi connectivity index (χ1v) is 8.04. The Kier molecular flexibility index (Phi) is 4.16. The summed E-state index contributed by atoms with van der Waals surface area (Å²) in [6.07, 6.45) is 4.71. The number of nitrogens with zero attached hydrogens (tertiary/aromatic N) is 4. The van der Waals surface area contributed by atoms with Crippen molar-refractivity contribution >= 4 is 5.91 Å². The van der Waals surface area contributed by atoms with Gasteiger partial charge in [-0.25, -0.2) is 0 Å². The fourth-order valence-corrected chi connectivity index (χ4v) is 2.81. The van der Waals surface area contributed by atoms with Gasteiger partial charge in [-0.2, -0.15) is 5.10 Å². The van der Waals surface area contributed by atoms with E-state index in [1.54, 1.807) is 47.7 Å². The number of amides is 1. The van der Waals surface area contributed by atoms with Crippen molar-refractivity contribution in [3.05, 3.63) is 48.5 Å². The molecule has 1 fully saturated rings. The normalized spacial score (nSPS) is 17.4. The van der Waals surface area contributed by atoms with Gasteiger partial charge in [0, 0.05) is 24.9 Å². The van der Waals surface area contributed by atoms with Crippen LogP contribution in [0.25, 0.3) is 11.5 Å². The fourth-order valence-electron chi connectivity index (χ4n) is 2.81. The van der Waals surface area contributed by atoms with E-state index >= 15 is 0 Å². The van der Waals surface area contributed by atoms with Crippen molar-refractivity contribution in [2.24, 2.45) is 0 Å². The summed E-state index contributed by atoms with van der Waals surface area (Å²) in [6.45, 7) is 1.13. The molecule has 0 aliphatic carbocycles. The molecule has 0 aromatic carbocycles. The van der Waals surface area contributed by atoms with Gasteiger partial charge in [-0.1, -0.05) is 5.16 Å². The lowest BCUT2D eigenvalue weighted by Gasteiger charge is -2.31. The Bertz CT molecular complexity index is 831. The summed E-state index contributed by atoms with van der Waals surface area (Å²) in [4.78, 5) is 14.4. The van der Waals surface area contributed by atoms with Crippen LogP contribution in [0, 0.1) is 0 Å². The van der Waals surface area contributed by atoms with Crippen LogP contribution in [0.3, 0.4) is 0 Å². The summed E-state index contributed by atoms with van der Waals surface area (Å²) in [5.41, 5.74) is 0.256. The van der Waals surface area contributed by atoms with E-state index in [0.717, 1.165) is 12.8 Å². The van der Waals surface area contributed by atoms with E-state index in [-0.39, 0.29) is 17.7 Å². The van der Waals surface area contributed by atoms with E-state index < -0.39 is 0 Å². The third-order valence-electron chi connectivity index (χ3n) is 3.99. The smallest absolute Gasteiger partial charge is 0.276 e. The van der Waals surface area contributed by atoms with Gasteiger partial charge in [-0.05, 0) is 31.0 Å². The van der Waals surface area contributed by atoms with Gasteiger partial charge in [0.25, 0.3) is 5.91 Å².